The molecule has 0 aliphatic rings. The van der Waals surface area contributed by atoms with Gasteiger partial charge in [-0.2, -0.15) is 13.2 Å². The summed E-state index contributed by atoms with van der Waals surface area (Å²) in [5.74, 6) is -1.51. The number of nitro benzene ring substituents is 1. The van der Waals surface area contributed by atoms with Crippen molar-refractivity contribution >= 4 is 33.8 Å². The van der Waals surface area contributed by atoms with Crippen molar-refractivity contribution in [1.82, 2.24) is 4.90 Å². The molecule has 0 atom stereocenters. The number of thiophene rings is 1. The van der Waals surface area contributed by atoms with Gasteiger partial charge in [0.15, 0.2) is 5.76 Å². The molecule has 0 radical (unpaired) electrons. The zero-order chi connectivity index (χ0) is 23.5. The third-order valence-electron chi connectivity index (χ3n) is 4.30. The predicted molar refractivity (Wildman–Crippen MR) is 110 cm³/mol. The Morgan fingerprint density at radius 3 is 2.56 bits per heavy atom. The molecule has 12 heteroatoms. The topological polar surface area (TPSA) is 106 Å². The lowest BCUT2D eigenvalue weighted by molar-refractivity contribution is -0.385. The number of anilines is 1. The van der Waals surface area contributed by atoms with E-state index in [0.29, 0.717) is 10.5 Å². The number of nitrogens with zero attached hydrogens (tertiary/aromatic N) is 2. The summed E-state index contributed by atoms with van der Waals surface area (Å²) >= 11 is 0.803. The minimum atomic E-state index is -4.72. The molecule has 168 valence electrons. The normalized spacial score (nSPS) is 11.2. The van der Waals surface area contributed by atoms with Crippen molar-refractivity contribution in [3.05, 3.63) is 80.6 Å². The number of nitrogens with one attached hydrogen (secondary N) is 1. The summed E-state index contributed by atoms with van der Waals surface area (Å²) < 4.78 is 44.5. The van der Waals surface area contributed by atoms with Crippen molar-refractivity contribution in [1.29, 1.82) is 0 Å². The van der Waals surface area contributed by atoms with E-state index >= 15 is 0 Å². The first-order chi connectivity index (χ1) is 15.0. The fourth-order valence-corrected chi connectivity index (χ4v) is 3.96. The highest BCUT2D eigenvalue weighted by Crippen LogP contribution is 2.31. The minimum absolute atomic E-state index is 0.0254. The monoisotopic (exact) mass is 467 g/mol. The van der Waals surface area contributed by atoms with Gasteiger partial charge in [0.05, 0.1) is 27.6 Å². The third-order valence-corrected chi connectivity index (χ3v) is 5.44. The second kappa shape index (κ2) is 9.22. The van der Waals surface area contributed by atoms with Gasteiger partial charge < -0.3 is 14.6 Å². The van der Waals surface area contributed by atoms with Crippen LogP contribution in [0.4, 0.5) is 23.9 Å². The van der Waals surface area contributed by atoms with Crippen molar-refractivity contribution in [3.8, 4) is 0 Å². The van der Waals surface area contributed by atoms with E-state index in [1.54, 1.807) is 0 Å². The van der Waals surface area contributed by atoms with E-state index in [-0.39, 0.29) is 26.9 Å². The molecule has 0 unspecified atom stereocenters. The van der Waals surface area contributed by atoms with E-state index in [9.17, 15) is 32.9 Å². The van der Waals surface area contributed by atoms with Crippen molar-refractivity contribution in [2.24, 2.45) is 0 Å². The number of furan rings is 1. The number of benzene rings is 1. The molecule has 0 aliphatic carbocycles. The quantitative estimate of drug-likeness (QED) is 0.388. The molecule has 0 bridgehead atoms. The summed E-state index contributed by atoms with van der Waals surface area (Å²) in [5, 5.41) is 14.0. The van der Waals surface area contributed by atoms with Gasteiger partial charge in [-0.25, -0.2) is 0 Å². The standard InChI is InChI=1S/C20H16F3N3O5S/c1-12-9-16(24-18(27)15-7-4-8-31-15)32-17(12)19(28)25(11-20(21,22)23)10-13-5-2-3-6-14(13)26(29)30/h2-9H,10-11H2,1H3,(H,24,27). The van der Waals surface area contributed by atoms with Crippen LogP contribution in [0.15, 0.2) is 53.1 Å². The highest BCUT2D eigenvalue weighted by Gasteiger charge is 2.35. The molecule has 32 heavy (non-hydrogen) atoms. The molecule has 0 aliphatic heterocycles. The van der Waals surface area contributed by atoms with Crippen LogP contribution in [0.1, 0.15) is 31.4 Å². The molecule has 0 saturated heterocycles. The summed E-state index contributed by atoms with van der Waals surface area (Å²) in [5.41, 5.74) is -0.0677. The van der Waals surface area contributed by atoms with Crippen molar-refractivity contribution in [3.63, 3.8) is 0 Å². The summed E-state index contributed by atoms with van der Waals surface area (Å²) in [4.78, 5) is 36.1. The molecule has 1 N–H and O–H groups in total. The number of halogens is 3. The molecule has 0 spiro atoms. The molecule has 3 aromatic rings. The van der Waals surface area contributed by atoms with Crippen LogP contribution in [0, 0.1) is 17.0 Å². The number of alkyl halides is 3. The van der Waals surface area contributed by atoms with Gasteiger partial charge in [0.2, 0.25) is 0 Å². The van der Waals surface area contributed by atoms with Crippen LogP contribution < -0.4 is 5.32 Å². The van der Waals surface area contributed by atoms with Gasteiger partial charge in [0, 0.05) is 11.6 Å². The van der Waals surface area contributed by atoms with Gasteiger partial charge in [0.1, 0.15) is 6.54 Å². The molecule has 2 heterocycles. The van der Waals surface area contributed by atoms with Gasteiger partial charge in [-0.05, 0) is 30.7 Å². The highest BCUT2D eigenvalue weighted by molar-refractivity contribution is 7.18. The lowest BCUT2D eigenvalue weighted by atomic mass is 10.1. The van der Waals surface area contributed by atoms with Gasteiger partial charge in [-0.1, -0.05) is 18.2 Å². The van der Waals surface area contributed by atoms with Gasteiger partial charge in [-0.15, -0.1) is 11.3 Å². The molecule has 2 amide bonds. The largest absolute Gasteiger partial charge is 0.459 e. The number of rotatable bonds is 7. The van der Waals surface area contributed by atoms with Crippen molar-refractivity contribution in [2.45, 2.75) is 19.6 Å². The van der Waals surface area contributed by atoms with Crippen LogP contribution in [-0.2, 0) is 6.54 Å². The Morgan fingerprint density at radius 2 is 1.94 bits per heavy atom. The first kappa shape index (κ1) is 23.0. The van der Waals surface area contributed by atoms with Gasteiger partial charge in [-0.3, -0.25) is 19.7 Å². The first-order valence-electron chi connectivity index (χ1n) is 9.09. The number of nitro groups is 1. The molecule has 2 aromatic heterocycles. The Balaban J connectivity index is 1.88. The third kappa shape index (κ3) is 5.52. The van der Waals surface area contributed by atoms with E-state index in [2.05, 4.69) is 5.32 Å². The summed E-state index contributed by atoms with van der Waals surface area (Å²) in [6.45, 7) is -0.687. The molecule has 0 saturated carbocycles. The lowest BCUT2D eigenvalue weighted by Gasteiger charge is -2.23. The SMILES string of the molecule is Cc1cc(NC(=O)c2ccco2)sc1C(=O)N(Cc1ccccc1[N+](=O)[O-])CC(F)(F)F. The fraction of sp³-hybridized carbons (Fsp3) is 0.200. The second-order valence-electron chi connectivity index (χ2n) is 6.72. The number of hydrogen-bond donors (Lipinski definition) is 1. The Morgan fingerprint density at radius 1 is 1.22 bits per heavy atom. The Hall–Kier alpha value is -3.67. The van der Waals surface area contributed by atoms with Gasteiger partial charge >= 0.3 is 6.18 Å². The van der Waals surface area contributed by atoms with Crippen LogP contribution in [0.2, 0.25) is 0 Å². The van der Waals surface area contributed by atoms with Crippen LogP contribution in [0.3, 0.4) is 0 Å². The van der Waals surface area contributed by atoms with E-state index in [1.165, 1.54) is 49.6 Å². The van der Waals surface area contributed by atoms with E-state index in [0.717, 1.165) is 17.4 Å². The average Bonchev–Trinajstić information content (AvgIpc) is 3.36. The number of para-hydroxylation sites is 1. The number of carbonyl (C=O) groups excluding carboxylic acids is 2. The maximum atomic E-state index is 13.2. The summed E-state index contributed by atoms with van der Waals surface area (Å²) in [6.07, 6.45) is -3.41. The highest BCUT2D eigenvalue weighted by atomic mass is 32.1. The number of amides is 2. The van der Waals surface area contributed by atoms with E-state index in [4.69, 9.17) is 4.42 Å². The summed E-state index contributed by atoms with van der Waals surface area (Å²) in [7, 11) is 0. The molecule has 3 rings (SSSR count). The van der Waals surface area contributed by atoms with Crippen molar-refractivity contribution in [2.75, 3.05) is 11.9 Å². The Labute approximate surface area is 183 Å². The Bertz CT molecular complexity index is 1140. The average molecular weight is 467 g/mol. The fourth-order valence-electron chi connectivity index (χ4n) is 2.93. The number of hydrogen-bond acceptors (Lipinski definition) is 6. The van der Waals surface area contributed by atoms with E-state index in [1.807, 2.05) is 0 Å². The lowest BCUT2D eigenvalue weighted by Crippen LogP contribution is -2.38. The van der Waals surface area contributed by atoms with Crippen LogP contribution >= 0.6 is 11.3 Å². The smallest absolute Gasteiger partial charge is 0.406 e. The maximum Gasteiger partial charge on any atom is 0.406 e. The predicted octanol–water partition coefficient (Wildman–Crippen LogP) is 5.01. The molecule has 8 nitrogen and oxygen atoms in total. The van der Waals surface area contributed by atoms with Crippen molar-refractivity contribution < 1.29 is 32.1 Å². The second-order valence-corrected chi connectivity index (χ2v) is 7.77. The van der Waals surface area contributed by atoms with Crippen LogP contribution in [0.5, 0.6) is 0 Å². The van der Waals surface area contributed by atoms with Gasteiger partial charge in [0.25, 0.3) is 17.5 Å². The molecule has 1 aromatic carbocycles. The molecular formula is C20H16F3N3O5S. The molecule has 0 fully saturated rings. The van der Waals surface area contributed by atoms with Crippen LogP contribution in [-0.4, -0.2) is 34.4 Å². The Kier molecular flexibility index (Phi) is 6.63. The zero-order valence-corrected chi connectivity index (χ0v) is 17.3. The maximum absolute atomic E-state index is 13.2. The number of carbonyl (C=O) groups is 2. The molecular weight excluding hydrogens is 451 g/mol. The number of aryl methyl sites for hydroxylation is 1. The summed E-state index contributed by atoms with van der Waals surface area (Å²) in [6, 6.07) is 9.68. The minimum Gasteiger partial charge on any atom is -0.459 e. The zero-order valence-electron chi connectivity index (χ0n) is 16.5. The van der Waals surface area contributed by atoms with E-state index < -0.39 is 36.0 Å². The van der Waals surface area contributed by atoms with Crippen LogP contribution in [0.25, 0.3) is 0 Å². The first-order valence-corrected chi connectivity index (χ1v) is 9.90.